The molecule has 2 N–H and O–H groups in total. The van der Waals surface area contributed by atoms with E-state index in [1.807, 2.05) is 19.1 Å². The van der Waals surface area contributed by atoms with Crippen LogP contribution >= 0.6 is 0 Å². The molecule has 0 saturated carbocycles. The summed E-state index contributed by atoms with van der Waals surface area (Å²) in [7, 11) is 0. The number of likely N-dealkylation sites (tertiary alicyclic amines) is 1. The van der Waals surface area contributed by atoms with E-state index >= 15 is 0 Å². The van der Waals surface area contributed by atoms with Crippen molar-refractivity contribution in [2.24, 2.45) is 5.92 Å². The predicted octanol–water partition coefficient (Wildman–Crippen LogP) is 3.27. The predicted molar refractivity (Wildman–Crippen MR) is 124 cm³/mol. The summed E-state index contributed by atoms with van der Waals surface area (Å²) in [6, 6.07) is 5.33. The number of piperidine rings is 1. The second kappa shape index (κ2) is 10.3. The van der Waals surface area contributed by atoms with E-state index in [-0.39, 0.29) is 29.7 Å². The lowest BCUT2D eigenvalue weighted by Gasteiger charge is -2.41. The molecule has 1 aromatic rings. The van der Waals surface area contributed by atoms with Crippen molar-refractivity contribution < 1.29 is 24.2 Å². The van der Waals surface area contributed by atoms with Gasteiger partial charge in [-0.2, -0.15) is 0 Å². The second-order valence-electron chi connectivity index (χ2n) is 9.45. The van der Waals surface area contributed by atoms with Gasteiger partial charge in [-0.3, -0.25) is 14.6 Å². The lowest BCUT2D eigenvalue weighted by atomic mass is 9.74. The molecular weight excluding hydrogens is 422 g/mol. The molecular formula is C25H37N3O5. The number of ether oxygens (including phenoxy) is 2. The number of para-hydroxylation sites is 1. The third-order valence-electron chi connectivity index (χ3n) is 7.32. The van der Waals surface area contributed by atoms with Gasteiger partial charge < -0.3 is 19.9 Å². The fourth-order valence-corrected chi connectivity index (χ4v) is 5.64. The standard InChI is InChI=1S/C25H37N3O5/c1-3-12-25(23(30)28(24(31)26-25)17-20-8-6-15-33-20)19-10-13-27(14-11-19)16-18-7-5-9-21(22(18)29)32-4-2/h5,7,9,19-20,29H,3-4,6,8,10-17H2,1-2H3,(H,26,31)/t20-,25-/m0/s1. The topological polar surface area (TPSA) is 91.3 Å². The molecule has 8 nitrogen and oxygen atoms in total. The Balaban J connectivity index is 1.41. The Bertz CT molecular complexity index is 848. The van der Waals surface area contributed by atoms with Crippen LogP contribution in [-0.2, 0) is 16.1 Å². The number of aromatic hydroxyl groups is 1. The third-order valence-corrected chi connectivity index (χ3v) is 7.32. The number of nitrogens with zero attached hydrogens (tertiary/aromatic N) is 2. The van der Waals surface area contributed by atoms with Crippen LogP contribution in [0, 0.1) is 5.92 Å². The number of hydrogen-bond donors (Lipinski definition) is 2. The zero-order chi connectivity index (χ0) is 23.4. The Morgan fingerprint density at radius 3 is 2.67 bits per heavy atom. The van der Waals surface area contributed by atoms with Crippen LogP contribution in [0.4, 0.5) is 4.79 Å². The molecule has 3 saturated heterocycles. The largest absolute Gasteiger partial charge is 0.504 e. The van der Waals surface area contributed by atoms with Gasteiger partial charge in [-0.05, 0) is 64.1 Å². The van der Waals surface area contributed by atoms with Crippen LogP contribution in [-0.4, -0.2) is 71.3 Å². The molecule has 3 amide bonds. The van der Waals surface area contributed by atoms with Crippen molar-refractivity contribution in [1.82, 2.24) is 15.1 Å². The third kappa shape index (κ3) is 4.82. The van der Waals surface area contributed by atoms with E-state index in [9.17, 15) is 14.7 Å². The van der Waals surface area contributed by atoms with Gasteiger partial charge in [0.25, 0.3) is 5.91 Å². The van der Waals surface area contributed by atoms with E-state index in [0.29, 0.717) is 38.5 Å². The zero-order valence-corrected chi connectivity index (χ0v) is 19.8. The molecule has 1 aromatic carbocycles. The highest BCUT2D eigenvalue weighted by Crippen LogP contribution is 2.38. The van der Waals surface area contributed by atoms with Crippen LogP contribution < -0.4 is 10.1 Å². The Hall–Kier alpha value is -2.32. The molecule has 0 radical (unpaired) electrons. The first-order valence-corrected chi connectivity index (χ1v) is 12.4. The van der Waals surface area contributed by atoms with Crippen molar-refractivity contribution in [2.45, 2.75) is 70.6 Å². The molecule has 3 fully saturated rings. The number of phenols is 1. The van der Waals surface area contributed by atoms with Crippen LogP contribution in [0.3, 0.4) is 0 Å². The second-order valence-corrected chi connectivity index (χ2v) is 9.45. The summed E-state index contributed by atoms with van der Waals surface area (Å²) in [5.41, 5.74) is 0.0312. The van der Waals surface area contributed by atoms with Crippen LogP contribution in [0.5, 0.6) is 11.5 Å². The van der Waals surface area contributed by atoms with E-state index in [2.05, 4.69) is 17.1 Å². The number of nitrogens with one attached hydrogen (secondary N) is 1. The summed E-state index contributed by atoms with van der Waals surface area (Å²) in [6.45, 7) is 7.77. The molecule has 182 valence electrons. The zero-order valence-electron chi connectivity index (χ0n) is 19.8. The van der Waals surface area contributed by atoms with Crippen LogP contribution in [0.2, 0.25) is 0 Å². The van der Waals surface area contributed by atoms with Gasteiger partial charge in [0.15, 0.2) is 11.5 Å². The number of urea groups is 1. The first-order valence-electron chi connectivity index (χ1n) is 12.4. The molecule has 0 bridgehead atoms. The maximum Gasteiger partial charge on any atom is 0.325 e. The minimum Gasteiger partial charge on any atom is -0.504 e. The molecule has 8 heteroatoms. The number of imide groups is 1. The summed E-state index contributed by atoms with van der Waals surface area (Å²) in [4.78, 5) is 30.1. The maximum absolute atomic E-state index is 13.6. The Kier molecular flexibility index (Phi) is 7.44. The van der Waals surface area contributed by atoms with Gasteiger partial charge in [-0.1, -0.05) is 25.5 Å². The molecule has 0 aromatic heterocycles. The Morgan fingerprint density at radius 1 is 1.21 bits per heavy atom. The average Bonchev–Trinajstić information content (AvgIpc) is 3.40. The van der Waals surface area contributed by atoms with Crippen LogP contribution in [0.1, 0.15) is 57.9 Å². The highest BCUT2D eigenvalue weighted by Gasteiger charge is 2.55. The highest BCUT2D eigenvalue weighted by molar-refractivity contribution is 6.07. The molecule has 3 aliphatic heterocycles. The van der Waals surface area contributed by atoms with Crippen LogP contribution in [0.15, 0.2) is 18.2 Å². The Labute approximate surface area is 196 Å². The minimum absolute atomic E-state index is 0.0425. The monoisotopic (exact) mass is 459 g/mol. The fraction of sp³-hybridized carbons (Fsp3) is 0.680. The normalized spacial score (nSPS) is 26.7. The number of amides is 3. The van der Waals surface area contributed by atoms with Gasteiger partial charge in [0.2, 0.25) is 0 Å². The van der Waals surface area contributed by atoms with Crippen molar-refractivity contribution in [3.05, 3.63) is 23.8 Å². The first kappa shape index (κ1) is 23.8. The Morgan fingerprint density at radius 2 is 2.00 bits per heavy atom. The number of benzene rings is 1. The van der Waals surface area contributed by atoms with E-state index < -0.39 is 5.54 Å². The van der Waals surface area contributed by atoms with Gasteiger partial charge >= 0.3 is 6.03 Å². The van der Waals surface area contributed by atoms with E-state index in [0.717, 1.165) is 50.8 Å². The molecule has 2 atom stereocenters. The lowest BCUT2D eigenvalue weighted by Crippen LogP contribution is -2.56. The molecule has 0 spiro atoms. The minimum atomic E-state index is -0.812. The first-order chi connectivity index (χ1) is 16.0. The SMILES string of the molecule is CCC[C@@]1(C2CCN(Cc3cccc(OCC)c3O)CC2)NC(=O)N(C[C@@H]2CCCO2)C1=O. The molecule has 3 aliphatic rings. The van der Waals surface area contributed by atoms with E-state index in [1.165, 1.54) is 4.90 Å². The number of carbonyl (C=O) groups is 2. The smallest absolute Gasteiger partial charge is 0.325 e. The summed E-state index contributed by atoms with van der Waals surface area (Å²) in [5, 5.41) is 13.7. The summed E-state index contributed by atoms with van der Waals surface area (Å²) in [6.07, 6.45) is 4.97. The molecule has 4 rings (SSSR count). The fourth-order valence-electron chi connectivity index (χ4n) is 5.64. The van der Waals surface area contributed by atoms with E-state index in [1.54, 1.807) is 6.07 Å². The number of hydrogen-bond acceptors (Lipinski definition) is 6. The average molecular weight is 460 g/mol. The van der Waals surface area contributed by atoms with Gasteiger partial charge in [-0.25, -0.2) is 4.79 Å². The number of carbonyl (C=O) groups excluding carboxylic acids is 2. The molecule has 3 heterocycles. The van der Waals surface area contributed by atoms with Gasteiger partial charge in [0.1, 0.15) is 5.54 Å². The van der Waals surface area contributed by atoms with Gasteiger partial charge in [0.05, 0.1) is 19.3 Å². The van der Waals surface area contributed by atoms with Crippen molar-refractivity contribution in [3.8, 4) is 11.5 Å². The van der Waals surface area contributed by atoms with Gasteiger partial charge in [0, 0.05) is 18.7 Å². The molecule has 0 unspecified atom stereocenters. The number of rotatable bonds is 9. The highest BCUT2D eigenvalue weighted by atomic mass is 16.5. The van der Waals surface area contributed by atoms with Crippen molar-refractivity contribution >= 4 is 11.9 Å². The lowest BCUT2D eigenvalue weighted by molar-refractivity contribution is -0.135. The maximum atomic E-state index is 13.6. The number of phenolic OH excluding ortho intramolecular Hbond substituents is 1. The molecule has 0 aliphatic carbocycles. The summed E-state index contributed by atoms with van der Waals surface area (Å²) >= 11 is 0. The quantitative estimate of drug-likeness (QED) is 0.551. The molecule has 33 heavy (non-hydrogen) atoms. The summed E-state index contributed by atoms with van der Waals surface area (Å²) in [5.74, 6) is 0.734. The van der Waals surface area contributed by atoms with E-state index in [4.69, 9.17) is 9.47 Å². The summed E-state index contributed by atoms with van der Waals surface area (Å²) < 4.78 is 11.2. The van der Waals surface area contributed by atoms with Crippen molar-refractivity contribution in [1.29, 1.82) is 0 Å². The van der Waals surface area contributed by atoms with Gasteiger partial charge in [-0.15, -0.1) is 0 Å². The van der Waals surface area contributed by atoms with Crippen molar-refractivity contribution in [2.75, 3.05) is 32.8 Å². The van der Waals surface area contributed by atoms with Crippen molar-refractivity contribution in [3.63, 3.8) is 0 Å². The van der Waals surface area contributed by atoms with Crippen LogP contribution in [0.25, 0.3) is 0 Å².